The molecule has 0 aliphatic carbocycles. The van der Waals surface area contributed by atoms with Crippen LogP contribution in [0.2, 0.25) is 0 Å². The molecule has 0 radical (unpaired) electrons. The Hall–Kier alpha value is -5.85. The molecule has 0 amide bonds. The van der Waals surface area contributed by atoms with Crippen LogP contribution in [0.5, 0.6) is 51.7 Å². The summed E-state index contributed by atoms with van der Waals surface area (Å²) >= 11 is 0. The topological polar surface area (TPSA) is 311 Å². The molecule has 0 saturated carbocycles. The molecule has 1 saturated heterocycles. The van der Waals surface area contributed by atoms with Gasteiger partial charge >= 0.3 is 17.9 Å². The van der Waals surface area contributed by atoms with Gasteiger partial charge in [0.15, 0.2) is 46.0 Å². The molecule has 1 aliphatic heterocycles. The van der Waals surface area contributed by atoms with Crippen molar-refractivity contribution in [2.24, 2.45) is 5.92 Å². The first-order valence-corrected chi connectivity index (χ1v) is 12.9. The SMILES string of the molecule is O=C(OCC1C(O)C(OC(=O)c2ccc(O)c(O)c2O)OC(CO)C1OC(=O)c1cc(O)c(O)c(O)c1)c1cc(O)c(O)c(O)c1. The zero-order valence-corrected chi connectivity index (χ0v) is 23.0. The van der Waals surface area contributed by atoms with Crippen molar-refractivity contribution in [3.8, 4) is 51.7 Å². The highest BCUT2D eigenvalue weighted by Crippen LogP contribution is 2.40. The molecule has 1 fully saturated rings. The third-order valence-corrected chi connectivity index (χ3v) is 6.83. The summed E-state index contributed by atoms with van der Waals surface area (Å²) in [4.78, 5) is 38.5. The number of aromatic hydroxyl groups is 9. The van der Waals surface area contributed by atoms with Gasteiger partial charge in [0.2, 0.25) is 12.0 Å². The van der Waals surface area contributed by atoms with Gasteiger partial charge in [-0.05, 0) is 36.4 Å². The summed E-state index contributed by atoms with van der Waals surface area (Å²) in [6.07, 6.45) is -7.45. The molecule has 18 nitrogen and oxygen atoms in total. The quantitative estimate of drug-likeness (QED) is 0.0866. The number of carbonyl (C=O) groups excluding carboxylic acids is 3. The van der Waals surface area contributed by atoms with Crippen molar-refractivity contribution in [2.75, 3.05) is 13.2 Å². The number of esters is 3. The number of phenols is 9. The van der Waals surface area contributed by atoms with Gasteiger partial charge in [-0.25, -0.2) is 14.4 Å². The van der Waals surface area contributed by atoms with Crippen molar-refractivity contribution in [1.29, 1.82) is 0 Å². The van der Waals surface area contributed by atoms with Crippen molar-refractivity contribution < 1.29 is 89.5 Å². The Balaban J connectivity index is 1.64. The first kappa shape index (κ1) is 33.1. The summed E-state index contributed by atoms with van der Waals surface area (Å²) in [5.41, 5.74) is -1.70. The molecular weight excluding hydrogens is 624 g/mol. The highest BCUT2D eigenvalue weighted by Gasteiger charge is 2.50. The molecule has 0 spiro atoms. The minimum absolute atomic E-state index is 0.484. The fourth-order valence-corrected chi connectivity index (χ4v) is 4.40. The number of phenolic OH excluding ortho intramolecular Hbond substituents is 9. The van der Waals surface area contributed by atoms with E-state index in [9.17, 15) is 70.6 Å². The van der Waals surface area contributed by atoms with Crippen LogP contribution in [0.4, 0.5) is 0 Å². The van der Waals surface area contributed by atoms with E-state index in [-0.39, 0.29) is 0 Å². The lowest BCUT2D eigenvalue weighted by Crippen LogP contribution is -2.59. The molecule has 46 heavy (non-hydrogen) atoms. The first-order valence-electron chi connectivity index (χ1n) is 12.9. The van der Waals surface area contributed by atoms with Crippen LogP contribution >= 0.6 is 0 Å². The second kappa shape index (κ2) is 13.0. The molecule has 11 N–H and O–H groups in total. The molecule has 4 rings (SSSR count). The Morgan fingerprint density at radius 1 is 0.652 bits per heavy atom. The number of benzene rings is 3. The Bertz CT molecular complexity index is 1620. The maximum Gasteiger partial charge on any atom is 0.344 e. The standard InChI is InChI=1S/C28H26O18/c29-7-18-24(45-26(41)10-5-16(33)22(38)17(34)6-10)12(8-43-25(40)9-3-14(31)21(37)15(32)4-9)20(36)28(44-18)46-27(42)11-1-2-13(30)23(39)19(11)35/h1-6,12,18,20,24,28-39H,7-8H2. The summed E-state index contributed by atoms with van der Waals surface area (Å²) in [6, 6.07) is 4.61. The van der Waals surface area contributed by atoms with Crippen molar-refractivity contribution in [1.82, 2.24) is 0 Å². The highest BCUT2D eigenvalue weighted by molar-refractivity contribution is 5.94. The van der Waals surface area contributed by atoms with Crippen LogP contribution in [0.3, 0.4) is 0 Å². The van der Waals surface area contributed by atoms with E-state index < -0.39 is 130 Å². The zero-order valence-electron chi connectivity index (χ0n) is 23.0. The number of ether oxygens (including phenoxy) is 4. The van der Waals surface area contributed by atoms with Gasteiger partial charge in [0.05, 0.1) is 23.7 Å². The second-order valence-corrected chi connectivity index (χ2v) is 9.81. The summed E-state index contributed by atoms with van der Waals surface area (Å²) in [6.45, 7) is -1.88. The predicted octanol–water partition coefficient (Wildman–Crippen LogP) is -0.0293. The van der Waals surface area contributed by atoms with E-state index in [0.717, 1.165) is 24.3 Å². The minimum atomic E-state index is -2.05. The molecule has 5 atom stereocenters. The zero-order chi connectivity index (χ0) is 34.0. The molecule has 0 bridgehead atoms. The Kier molecular flexibility index (Phi) is 9.36. The van der Waals surface area contributed by atoms with Gasteiger partial charge in [0.25, 0.3) is 0 Å². The van der Waals surface area contributed by atoms with Crippen LogP contribution in [0.15, 0.2) is 36.4 Å². The van der Waals surface area contributed by atoms with Crippen molar-refractivity contribution in [2.45, 2.75) is 24.6 Å². The van der Waals surface area contributed by atoms with E-state index in [1.807, 2.05) is 0 Å². The molecule has 18 heteroatoms. The Labute approximate surface area is 256 Å². The lowest BCUT2D eigenvalue weighted by molar-refractivity contribution is -0.275. The maximum atomic E-state index is 13.0. The molecule has 1 aliphatic rings. The van der Waals surface area contributed by atoms with Gasteiger partial charge in [-0.2, -0.15) is 0 Å². The number of rotatable bonds is 8. The van der Waals surface area contributed by atoms with Crippen molar-refractivity contribution >= 4 is 17.9 Å². The van der Waals surface area contributed by atoms with Crippen LogP contribution in [-0.4, -0.2) is 112 Å². The number of carbonyl (C=O) groups is 3. The normalized spacial score (nSPS) is 20.9. The third kappa shape index (κ3) is 6.48. The van der Waals surface area contributed by atoms with E-state index in [1.165, 1.54) is 0 Å². The molecule has 0 aromatic heterocycles. The number of hydrogen-bond donors (Lipinski definition) is 11. The number of hydrogen-bond acceptors (Lipinski definition) is 18. The smallest absolute Gasteiger partial charge is 0.344 e. The molecule has 5 unspecified atom stereocenters. The van der Waals surface area contributed by atoms with Gasteiger partial charge in [0.1, 0.15) is 30.5 Å². The Morgan fingerprint density at radius 3 is 1.70 bits per heavy atom. The van der Waals surface area contributed by atoms with Gasteiger partial charge in [0, 0.05) is 0 Å². The van der Waals surface area contributed by atoms with Crippen LogP contribution < -0.4 is 0 Å². The van der Waals surface area contributed by atoms with Gasteiger partial charge in [-0.15, -0.1) is 0 Å². The second-order valence-electron chi connectivity index (χ2n) is 9.81. The molecule has 3 aromatic rings. The number of aliphatic hydroxyl groups excluding tert-OH is 2. The minimum Gasteiger partial charge on any atom is -0.504 e. The van der Waals surface area contributed by atoms with Crippen LogP contribution in [-0.2, 0) is 18.9 Å². The largest absolute Gasteiger partial charge is 0.504 e. The third-order valence-electron chi connectivity index (χ3n) is 6.83. The number of aliphatic hydroxyl groups is 2. The van der Waals surface area contributed by atoms with Gasteiger partial charge in [-0.3, -0.25) is 0 Å². The van der Waals surface area contributed by atoms with Crippen LogP contribution in [0.1, 0.15) is 31.1 Å². The summed E-state index contributed by atoms with van der Waals surface area (Å²) in [7, 11) is 0. The van der Waals surface area contributed by atoms with Crippen LogP contribution in [0.25, 0.3) is 0 Å². The van der Waals surface area contributed by atoms with E-state index in [0.29, 0.717) is 12.1 Å². The predicted molar refractivity (Wildman–Crippen MR) is 144 cm³/mol. The fraction of sp³-hybridized carbons (Fsp3) is 0.250. The summed E-state index contributed by atoms with van der Waals surface area (Å²) < 4.78 is 21.0. The Morgan fingerprint density at radius 2 is 1.17 bits per heavy atom. The van der Waals surface area contributed by atoms with Gasteiger partial charge < -0.3 is 75.1 Å². The van der Waals surface area contributed by atoms with Crippen LogP contribution in [0, 0.1) is 5.92 Å². The molecule has 246 valence electrons. The average Bonchev–Trinajstić information content (AvgIpc) is 3.01. The molecular formula is C28H26O18. The first-order chi connectivity index (χ1) is 21.6. The maximum absolute atomic E-state index is 13.0. The van der Waals surface area contributed by atoms with E-state index in [2.05, 4.69) is 0 Å². The van der Waals surface area contributed by atoms with Crippen molar-refractivity contribution in [3.05, 3.63) is 53.1 Å². The average molecular weight is 650 g/mol. The molecule has 1 heterocycles. The monoisotopic (exact) mass is 650 g/mol. The van der Waals surface area contributed by atoms with E-state index in [1.54, 1.807) is 0 Å². The van der Waals surface area contributed by atoms with E-state index >= 15 is 0 Å². The summed E-state index contributed by atoms with van der Waals surface area (Å²) in [5.74, 6) is -14.0. The van der Waals surface area contributed by atoms with Crippen molar-refractivity contribution in [3.63, 3.8) is 0 Å². The van der Waals surface area contributed by atoms with E-state index in [4.69, 9.17) is 18.9 Å². The molecule has 3 aromatic carbocycles. The summed E-state index contributed by atoms with van der Waals surface area (Å²) in [5, 5.41) is 109. The lowest BCUT2D eigenvalue weighted by atomic mass is 9.89. The highest BCUT2D eigenvalue weighted by atomic mass is 16.7. The fourth-order valence-electron chi connectivity index (χ4n) is 4.40. The lowest BCUT2D eigenvalue weighted by Gasteiger charge is -2.42. The van der Waals surface area contributed by atoms with Gasteiger partial charge in [-0.1, -0.05) is 0 Å².